The summed E-state index contributed by atoms with van der Waals surface area (Å²) in [6, 6.07) is 0. The van der Waals surface area contributed by atoms with Crippen LogP contribution in [-0.4, -0.2) is 22.4 Å². The summed E-state index contributed by atoms with van der Waals surface area (Å²) in [7, 11) is 0. The largest absolute Gasteiger partial charge is 0.372 e. The maximum Gasteiger partial charge on any atom is 0.0778 e. The van der Waals surface area contributed by atoms with Gasteiger partial charge in [0.15, 0.2) is 0 Å². The number of halogens is 2. The Bertz CT molecular complexity index is 332. The van der Waals surface area contributed by atoms with Crippen LogP contribution in [0.5, 0.6) is 0 Å². The normalized spacial score (nSPS) is 30.0. The van der Waals surface area contributed by atoms with Gasteiger partial charge >= 0.3 is 0 Å². The molecule has 0 aromatic carbocycles. The minimum absolute atomic E-state index is 0.0765. The highest BCUT2D eigenvalue weighted by molar-refractivity contribution is 9.09. The third kappa shape index (κ3) is 5.18. The van der Waals surface area contributed by atoms with Crippen molar-refractivity contribution < 1.29 is 4.74 Å². The van der Waals surface area contributed by atoms with Gasteiger partial charge in [0, 0.05) is 4.83 Å². The van der Waals surface area contributed by atoms with Crippen LogP contribution in [0.2, 0.25) is 0 Å². The quantitative estimate of drug-likeness (QED) is 0.397. The van der Waals surface area contributed by atoms with Crippen molar-refractivity contribution in [1.29, 1.82) is 0 Å². The van der Waals surface area contributed by atoms with E-state index >= 15 is 0 Å². The van der Waals surface area contributed by atoms with E-state index in [-0.39, 0.29) is 17.6 Å². The van der Waals surface area contributed by atoms with Gasteiger partial charge in [0.1, 0.15) is 0 Å². The Morgan fingerprint density at radius 1 is 1.50 bits per heavy atom. The molecule has 0 aromatic rings. The fourth-order valence-corrected chi connectivity index (χ4v) is 2.88. The average Bonchev–Trinajstić information content (AvgIpc) is 2.72. The third-order valence-electron chi connectivity index (χ3n) is 2.96. The minimum Gasteiger partial charge on any atom is -0.372 e. The van der Waals surface area contributed by atoms with E-state index in [1.54, 1.807) is 6.08 Å². The Morgan fingerprint density at radius 2 is 2.28 bits per heavy atom. The second kappa shape index (κ2) is 8.80. The van der Waals surface area contributed by atoms with Crippen LogP contribution in [-0.2, 0) is 4.74 Å². The molecule has 0 aromatic heterocycles. The molecule has 1 fully saturated rings. The van der Waals surface area contributed by atoms with Gasteiger partial charge in [-0.05, 0) is 31.8 Å². The summed E-state index contributed by atoms with van der Waals surface area (Å²) in [6.07, 6.45) is 17.2. The van der Waals surface area contributed by atoms with Gasteiger partial charge in [-0.1, -0.05) is 47.0 Å². The number of alkyl halides is 2. The van der Waals surface area contributed by atoms with Gasteiger partial charge in [-0.2, -0.15) is 0 Å². The van der Waals surface area contributed by atoms with Crippen LogP contribution in [0, 0.1) is 12.3 Å². The first-order chi connectivity index (χ1) is 8.69. The van der Waals surface area contributed by atoms with Gasteiger partial charge in [-0.15, -0.1) is 18.0 Å². The van der Waals surface area contributed by atoms with Gasteiger partial charge in [-0.3, -0.25) is 0 Å². The van der Waals surface area contributed by atoms with E-state index in [9.17, 15) is 0 Å². The smallest absolute Gasteiger partial charge is 0.0778 e. The Kier molecular flexibility index (Phi) is 7.74. The average molecular weight is 332 g/mol. The van der Waals surface area contributed by atoms with E-state index in [0.717, 1.165) is 25.7 Å². The van der Waals surface area contributed by atoms with Gasteiger partial charge in [0.05, 0.1) is 17.6 Å². The lowest BCUT2D eigenvalue weighted by molar-refractivity contribution is 0.0481. The van der Waals surface area contributed by atoms with E-state index in [0.29, 0.717) is 4.83 Å². The van der Waals surface area contributed by atoms with Crippen LogP contribution in [0.25, 0.3) is 0 Å². The molecule has 4 atom stereocenters. The van der Waals surface area contributed by atoms with Crippen LogP contribution in [0.4, 0.5) is 0 Å². The molecule has 1 aliphatic rings. The lowest BCUT2D eigenvalue weighted by atomic mass is 10.1. The zero-order valence-electron chi connectivity index (χ0n) is 10.7. The van der Waals surface area contributed by atoms with E-state index < -0.39 is 0 Å². The highest BCUT2D eigenvalue weighted by Crippen LogP contribution is 2.32. The van der Waals surface area contributed by atoms with E-state index in [2.05, 4.69) is 40.9 Å². The van der Waals surface area contributed by atoms with Crippen LogP contribution >= 0.6 is 27.5 Å². The predicted octanol–water partition coefficient (Wildman–Crippen LogP) is 4.45. The SMILES string of the molecule is C#C/C=C/C[C@H]1O[C@H]([C@@H](Br)C/C=C\CC)C[C@H]1Cl. The van der Waals surface area contributed by atoms with Crippen molar-refractivity contribution in [2.24, 2.45) is 0 Å². The Hall–Kier alpha value is -0.230. The fourth-order valence-electron chi connectivity index (χ4n) is 1.99. The van der Waals surface area contributed by atoms with Crippen LogP contribution in [0.3, 0.4) is 0 Å². The van der Waals surface area contributed by atoms with Gasteiger partial charge in [-0.25, -0.2) is 0 Å². The first-order valence-corrected chi connectivity index (χ1v) is 7.74. The maximum atomic E-state index is 6.31. The van der Waals surface area contributed by atoms with E-state index in [1.807, 2.05) is 6.08 Å². The molecule has 0 saturated carbocycles. The molecular weight excluding hydrogens is 312 g/mol. The topological polar surface area (TPSA) is 9.23 Å². The summed E-state index contributed by atoms with van der Waals surface area (Å²) in [5.41, 5.74) is 0. The van der Waals surface area contributed by atoms with Crippen molar-refractivity contribution in [1.82, 2.24) is 0 Å². The first kappa shape index (κ1) is 15.8. The van der Waals surface area contributed by atoms with E-state index in [1.165, 1.54) is 0 Å². The zero-order chi connectivity index (χ0) is 13.4. The number of allylic oxidation sites excluding steroid dienone is 3. The molecule has 3 heteroatoms. The molecular formula is C15H20BrClO. The Balaban J connectivity index is 2.40. The van der Waals surface area contributed by atoms with Crippen LogP contribution < -0.4 is 0 Å². The molecule has 0 bridgehead atoms. The molecule has 0 spiro atoms. The molecule has 1 heterocycles. The van der Waals surface area contributed by atoms with Crippen molar-refractivity contribution >= 4 is 27.5 Å². The molecule has 1 rings (SSSR count). The summed E-state index contributed by atoms with van der Waals surface area (Å²) in [5, 5.41) is 0.0765. The van der Waals surface area contributed by atoms with E-state index in [4.69, 9.17) is 22.8 Å². The number of rotatable bonds is 6. The number of ether oxygens (including phenoxy) is 1. The number of hydrogen-bond donors (Lipinski definition) is 0. The standard InChI is InChI=1S/C15H20BrClO/c1-3-5-7-9-12(16)15-11-13(17)14(18-15)10-8-6-4-2/h2,5-8,12-15H,3,9-11H2,1H3/b7-5-,8-6+/t12-,13+,14+,15-/m0/s1. The highest BCUT2D eigenvalue weighted by Gasteiger charge is 2.36. The van der Waals surface area contributed by atoms with Crippen LogP contribution in [0.1, 0.15) is 32.6 Å². The lowest BCUT2D eigenvalue weighted by Gasteiger charge is -2.17. The molecule has 0 aliphatic carbocycles. The molecule has 0 radical (unpaired) electrons. The molecule has 1 aliphatic heterocycles. The summed E-state index contributed by atoms with van der Waals surface area (Å²) >= 11 is 9.99. The molecule has 0 amide bonds. The number of terminal acetylenes is 1. The summed E-state index contributed by atoms with van der Waals surface area (Å²) in [6.45, 7) is 2.13. The fraction of sp³-hybridized carbons (Fsp3) is 0.600. The predicted molar refractivity (Wildman–Crippen MR) is 82.3 cm³/mol. The third-order valence-corrected chi connectivity index (χ3v) is 4.38. The number of hydrogen-bond acceptors (Lipinski definition) is 1. The first-order valence-electron chi connectivity index (χ1n) is 6.38. The van der Waals surface area contributed by atoms with Crippen molar-refractivity contribution in [3.63, 3.8) is 0 Å². The van der Waals surface area contributed by atoms with Crippen molar-refractivity contribution in [3.8, 4) is 12.3 Å². The second-order valence-electron chi connectivity index (χ2n) is 4.40. The van der Waals surface area contributed by atoms with Gasteiger partial charge in [0.25, 0.3) is 0 Å². The van der Waals surface area contributed by atoms with Crippen LogP contribution in [0.15, 0.2) is 24.3 Å². The second-order valence-corrected chi connectivity index (χ2v) is 6.14. The summed E-state index contributed by atoms with van der Waals surface area (Å²) in [5.74, 6) is 2.48. The van der Waals surface area contributed by atoms with Crippen molar-refractivity contribution in [3.05, 3.63) is 24.3 Å². The maximum absolute atomic E-state index is 6.31. The molecule has 0 N–H and O–H groups in total. The Morgan fingerprint density at radius 3 is 2.94 bits per heavy atom. The molecule has 1 saturated heterocycles. The summed E-state index contributed by atoms with van der Waals surface area (Å²) < 4.78 is 5.98. The summed E-state index contributed by atoms with van der Waals surface area (Å²) in [4.78, 5) is 0.336. The molecule has 1 nitrogen and oxygen atoms in total. The van der Waals surface area contributed by atoms with Crippen molar-refractivity contribution in [2.75, 3.05) is 0 Å². The van der Waals surface area contributed by atoms with Gasteiger partial charge < -0.3 is 4.74 Å². The van der Waals surface area contributed by atoms with Gasteiger partial charge in [0.2, 0.25) is 0 Å². The van der Waals surface area contributed by atoms with Crippen molar-refractivity contribution in [2.45, 2.75) is 55.0 Å². The molecule has 0 unspecified atom stereocenters. The highest BCUT2D eigenvalue weighted by atomic mass is 79.9. The Labute approximate surface area is 124 Å². The lowest BCUT2D eigenvalue weighted by Crippen LogP contribution is -2.20. The zero-order valence-corrected chi connectivity index (χ0v) is 13.0. The minimum atomic E-state index is 0.0765. The molecule has 100 valence electrons. The molecule has 18 heavy (non-hydrogen) atoms. The monoisotopic (exact) mass is 330 g/mol.